The first-order valence-electron chi connectivity index (χ1n) is 13.5. The van der Waals surface area contributed by atoms with Gasteiger partial charge in [-0.05, 0) is 60.3 Å². The second-order valence-corrected chi connectivity index (χ2v) is 11.3. The van der Waals surface area contributed by atoms with Crippen molar-refractivity contribution in [2.75, 3.05) is 70.6 Å². The molecule has 2 aromatic carbocycles. The highest BCUT2D eigenvalue weighted by Gasteiger charge is 2.22. The number of aliphatic hydroxyl groups excluding tert-OH is 1. The maximum atomic E-state index is 13.5. The lowest BCUT2D eigenvalue weighted by Gasteiger charge is -2.34. The van der Waals surface area contributed by atoms with Crippen molar-refractivity contribution in [1.29, 1.82) is 0 Å². The largest absolute Gasteiger partial charge is 0.612 e. The van der Waals surface area contributed by atoms with E-state index >= 15 is 0 Å². The molecule has 216 valence electrons. The molecule has 1 aliphatic rings. The molecule has 2 unspecified atom stereocenters. The van der Waals surface area contributed by atoms with Crippen molar-refractivity contribution >= 4 is 33.5 Å². The number of alkyl halides is 1. The van der Waals surface area contributed by atoms with Gasteiger partial charge in [-0.2, -0.15) is 0 Å². The second kappa shape index (κ2) is 14.6. The number of methoxy groups -OCH3 is 2. The van der Waals surface area contributed by atoms with Gasteiger partial charge in [-0.25, -0.2) is 4.39 Å². The highest BCUT2D eigenvalue weighted by atomic mass is 32.2. The number of aromatic nitrogens is 1. The highest BCUT2D eigenvalue weighted by molar-refractivity contribution is 7.90. The van der Waals surface area contributed by atoms with Gasteiger partial charge >= 0.3 is 0 Å². The summed E-state index contributed by atoms with van der Waals surface area (Å²) in [6.07, 6.45) is 3.10. The highest BCUT2D eigenvalue weighted by Crippen LogP contribution is 2.30. The number of halogens is 1. The van der Waals surface area contributed by atoms with Gasteiger partial charge in [-0.3, -0.25) is 0 Å². The molecule has 1 aliphatic heterocycles. The predicted molar refractivity (Wildman–Crippen MR) is 160 cm³/mol. The number of aryl methyl sites for hydroxylation is 1. The molecule has 40 heavy (non-hydrogen) atoms. The van der Waals surface area contributed by atoms with E-state index in [1.54, 1.807) is 32.6 Å². The minimum Gasteiger partial charge on any atom is -0.612 e. The number of piperidine rings is 1. The van der Waals surface area contributed by atoms with Crippen LogP contribution in [0.3, 0.4) is 0 Å². The van der Waals surface area contributed by atoms with Crippen LogP contribution in [0.2, 0.25) is 0 Å². The minimum absolute atomic E-state index is 0.232. The summed E-state index contributed by atoms with van der Waals surface area (Å²) in [6.45, 7) is 2.90. The molecule has 0 amide bonds. The van der Waals surface area contributed by atoms with Crippen molar-refractivity contribution < 1.29 is 23.5 Å². The van der Waals surface area contributed by atoms with E-state index in [4.69, 9.17) is 9.47 Å². The Labute approximate surface area is 239 Å². The number of fused-ring (bicyclic) bond motifs is 1. The Morgan fingerprint density at radius 2 is 1.98 bits per heavy atom. The Balaban J connectivity index is 1.45. The summed E-state index contributed by atoms with van der Waals surface area (Å²) in [7, 11) is 3.18. The van der Waals surface area contributed by atoms with Crippen molar-refractivity contribution in [2.45, 2.75) is 36.4 Å². The number of β-amino-alcohol motifs (C(OH)–C–C–N with tert-alkyl or cyclic N) is 1. The van der Waals surface area contributed by atoms with Crippen LogP contribution in [0.5, 0.6) is 5.75 Å². The van der Waals surface area contributed by atoms with Gasteiger partial charge < -0.3 is 39.2 Å². The molecular formula is C30H39FN4O4S. The quantitative estimate of drug-likeness (QED) is 0.226. The summed E-state index contributed by atoms with van der Waals surface area (Å²) in [6, 6.07) is 13.8. The number of rotatable bonds is 12. The minimum atomic E-state index is -1.09. The van der Waals surface area contributed by atoms with Gasteiger partial charge in [0.2, 0.25) is 0 Å². The van der Waals surface area contributed by atoms with Crippen molar-refractivity contribution in [2.24, 2.45) is 0 Å². The summed E-state index contributed by atoms with van der Waals surface area (Å²) in [4.78, 5) is 2.97. The van der Waals surface area contributed by atoms with E-state index in [0.717, 1.165) is 53.9 Å². The van der Waals surface area contributed by atoms with Crippen LogP contribution in [0.4, 0.5) is 15.8 Å². The molecule has 0 spiro atoms. The summed E-state index contributed by atoms with van der Waals surface area (Å²) in [5, 5.41) is 18.0. The van der Waals surface area contributed by atoms with Gasteiger partial charge in [0.05, 0.1) is 49.8 Å². The fourth-order valence-corrected chi connectivity index (χ4v) is 5.67. The molecule has 10 heteroatoms. The smallest absolute Gasteiger partial charge is 0.156 e. The fraction of sp³-hybridized carbons (Fsp3) is 0.467. The van der Waals surface area contributed by atoms with Crippen LogP contribution in [0, 0.1) is 11.8 Å². The number of ether oxygens (including phenoxy) is 2. The molecule has 0 radical (unpaired) electrons. The van der Waals surface area contributed by atoms with E-state index in [-0.39, 0.29) is 6.54 Å². The lowest BCUT2D eigenvalue weighted by Crippen LogP contribution is -2.43. The molecule has 1 fully saturated rings. The first kappa shape index (κ1) is 30.0. The zero-order valence-electron chi connectivity index (χ0n) is 23.4. The van der Waals surface area contributed by atoms with Gasteiger partial charge in [0.1, 0.15) is 18.7 Å². The Hall–Kier alpha value is -2.94. The van der Waals surface area contributed by atoms with E-state index in [2.05, 4.69) is 33.4 Å². The van der Waals surface area contributed by atoms with Crippen LogP contribution < -0.4 is 15.4 Å². The number of nitrogens with zero attached hydrogens (tertiary/aromatic N) is 2. The number of hydrogen-bond donors (Lipinski definition) is 3. The molecule has 3 N–H and O–H groups in total. The zero-order valence-corrected chi connectivity index (χ0v) is 24.2. The number of hydrogen-bond acceptors (Lipinski definition) is 7. The van der Waals surface area contributed by atoms with Crippen molar-refractivity contribution in [3.05, 3.63) is 48.2 Å². The van der Waals surface area contributed by atoms with Gasteiger partial charge in [-0.1, -0.05) is 12.0 Å². The molecule has 0 saturated carbocycles. The maximum absolute atomic E-state index is 13.5. The lowest BCUT2D eigenvalue weighted by molar-refractivity contribution is 0.0327. The lowest BCUT2D eigenvalue weighted by atomic mass is 10.0. The Morgan fingerprint density at radius 1 is 1.18 bits per heavy atom. The van der Waals surface area contributed by atoms with Crippen LogP contribution in [0.25, 0.3) is 10.9 Å². The average molecular weight is 571 g/mol. The van der Waals surface area contributed by atoms with Crippen LogP contribution in [-0.2, 0) is 22.5 Å². The third-order valence-corrected chi connectivity index (χ3v) is 8.04. The van der Waals surface area contributed by atoms with Gasteiger partial charge in [0.25, 0.3) is 0 Å². The molecule has 2 heterocycles. The van der Waals surface area contributed by atoms with Crippen LogP contribution in [0.1, 0.15) is 18.5 Å². The number of nitrogens with one attached hydrogen (secondary N) is 2. The number of anilines is 2. The summed E-state index contributed by atoms with van der Waals surface area (Å²) in [5.74, 6) is 6.97. The van der Waals surface area contributed by atoms with E-state index in [1.165, 1.54) is 0 Å². The van der Waals surface area contributed by atoms with Crippen LogP contribution >= 0.6 is 0 Å². The molecule has 0 bridgehead atoms. The van der Waals surface area contributed by atoms with Crippen molar-refractivity contribution in [3.8, 4) is 17.6 Å². The summed E-state index contributed by atoms with van der Waals surface area (Å²) >= 11 is -1.09. The van der Waals surface area contributed by atoms with Gasteiger partial charge in [0.15, 0.2) is 4.90 Å². The first-order valence-corrected chi connectivity index (χ1v) is 15.1. The van der Waals surface area contributed by atoms with Gasteiger partial charge in [0, 0.05) is 49.9 Å². The molecule has 4 rings (SSSR count). The van der Waals surface area contributed by atoms with Crippen LogP contribution in [-0.4, -0.2) is 91.2 Å². The Kier molecular flexibility index (Phi) is 11.0. The van der Waals surface area contributed by atoms with Gasteiger partial charge in [-0.15, -0.1) is 0 Å². The third-order valence-electron chi connectivity index (χ3n) is 7.12. The summed E-state index contributed by atoms with van der Waals surface area (Å²) in [5.41, 5.74) is 3.49. The molecule has 0 aliphatic carbocycles. The molecular weight excluding hydrogens is 531 g/mol. The van der Waals surface area contributed by atoms with Crippen LogP contribution in [0.15, 0.2) is 47.4 Å². The van der Waals surface area contributed by atoms with Crippen molar-refractivity contribution in [3.63, 3.8) is 0 Å². The van der Waals surface area contributed by atoms with E-state index < -0.39 is 24.0 Å². The van der Waals surface area contributed by atoms with E-state index in [9.17, 15) is 14.0 Å². The predicted octanol–water partition coefficient (Wildman–Crippen LogP) is 3.70. The van der Waals surface area contributed by atoms with E-state index in [1.807, 2.05) is 28.8 Å². The SMILES string of the molecule is COCC(O)CN1CCC(Nc2cccc3c2cc(C#CCNc2ccc([S+](C)[O-])cc2OC)n3CCF)CC1. The monoisotopic (exact) mass is 570 g/mol. The number of aliphatic hydroxyl groups is 1. The maximum Gasteiger partial charge on any atom is 0.156 e. The normalized spacial score (nSPS) is 15.8. The van der Waals surface area contributed by atoms with E-state index in [0.29, 0.717) is 36.4 Å². The molecule has 3 aromatic rings. The average Bonchev–Trinajstić information content (AvgIpc) is 3.30. The third kappa shape index (κ3) is 7.62. The fourth-order valence-electron chi connectivity index (χ4n) is 5.13. The zero-order chi connectivity index (χ0) is 28.5. The second-order valence-electron chi connectivity index (χ2n) is 9.91. The first-order chi connectivity index (χ1) is 19.4. The molecule has 8 nitrogen and oxygen atoms in total. The number of benzene rings is 2. The molecule has 1 saturated heterocycles. The Morgan fingerprint density at radius 3 is 2.67 bits per heavy atom. The number of likely N-dealkylation sites (tertiary alicyclic amines) is 1. The Bertz CT molecular complexity index is 1310. The molecule has 1 aromatic heterocycles. The topological polar surface area (TPSA) is 94.0 Å². The standard InChI is InChI=1S/C30H39FN4O4S/c1-38-21-24(36)20-34-15-11-22(12-16-34)33-27-7-4-8-29-26(27)18-23(35(29)17-13-31)6-5-14-32-28-10-9-25(40(3)37)19-30(28)39-2/h4,7-10,18-19,22,24,32-33,36H,11-17,20-21H2,1-3H3. The summed E-state index contributed by atoms with van der Waals surface area (Å²) < 4.78 is 37.7. The van der Waals surface area contributed by atoms with Crippen molar-refractivity contribution in [1.82, 2.24) is 9.47 Å². The molecule has 2 atom stereocenters.